The average molecular weight is 460 g/mol. The van der Waals surface area contributed by atoms with Gasteiger partial charge in [-0.1, -0.05) is 25.1 Å². The first kappa shape index (κ1) is 21.5. The number of nitrogens with zero attached hydrogens (tertiary/aromatic N) is 2. The van der Waals surface area contributed by atoms with E-state index in [0.717, 1.165) is 37.7 Å². The van der Waals surface area contributed by atoms with Crippen molar-refractivity contribution in [3.8, 4) is 0 Å². The van der Waals surface area contributed by atoms with Gasteiger partial charge in [0.25, 0.3) is 0 Å². The highest BCUT2D eigenvalue weighted by Crippen LogP contribution is 2.23. The van der Waals surface area contributed by atoms with Gasteiger partial charge >= 0.3 is 5.97 Å². The Bertz CT molecular complexity index is 553. The number of carbonyl (C=O) groups excluding carboxylic acids is 1. The minimum absolute atomic E-state index is 0. The SMILES string of the molecule is CN=C(NCCCNc1ccccc1)N1CC(C)C(C(=O)OC)C1.I. The number of rotatable bonds is 6. The average Bonchev–Trinajstić information content (AvgIpc) is 3.00. The Morgan fingerprint density at radius 2 is 2.00 bits per heavy atom. The first-order valence-electron chi connectivity index (χ1n) is 8.48. The van der Waals surface area contributed by atoms with Gasteiger partial charge in [-0.05, 0) is 24.5 Å². The van der Waals surface area contributed by atoms with E-state index in [4.69, 9.17) is 4.74 Å². The van der Waals surface area contributed by atoms with E-state index in [0.29, 0.717) is 6.54 Å². The molecule has 1 aliphatic rings. The number of hydrogen-bond acceptors (Lipinski definition) is 4. The van der Waals surface area contributed by atoms with E-state index in [1.807, 2.05) is 18.2 Å². The molecule has 1 aliphatic heterocycles. The van der Waals surface area contributed by atoms with Crippen molar-refractivity contribution in [3.63, 3.8) is 0 Å². The van der Waals surface area contributed by atoms with Gasteiger partial charge in [0.05, 0.1) is 13.0 Å². The molecular formula is C18H29IN4O2. The first-order chi connectivity index (χ1) is 11.7. The lowest BCUT2D eigenvalue weighted by Gasteiger charge is -2.21. The molecule has 7 heteroatoms. The number of hydrogen-bond donors (Lipinski definition) is 2. The molecule has 0 aromatic heterocycles. The lowest BCUT2D eigenvalue weighted by Crippen LogP contribution is -2.41. The van der Waals surface area contributed by atoms with Crippen LogP contribution in [0.4, 0.5) is 5.69 Å². The molecule has 1 fully saturated rings. The van der Waals surface area contributed by atoms with Gasteiger partial charge in [-0.2, -0.15) is 0 Å². The number of ether oxygens (including phenoxy) is 1. The normalized spacial score (nSPS) is 20.0. The van der Waals surface area contributed by atoms with Gasteiger partial charge in [0.1, 0.15) is 0 Å². The van der Waals surface area contributed by atoms with E-state index in [1.54, 1.807) is 7.05 Å². The largest absolute Gasteiger partial charge is 0.469 e. The number of esters is 1. The van der Waals surface area contributed by atoms with E-state index < -0.39 is 0 Å². The van der Waals surface area contributed by atoms with Crippen molar-refractivity contribution in [1.29, 1.82) is 0 Å². The van der Waals surface area contributed by atoms with Crippen molar-refractivity contribution in [3.05, 3.63) is 30.3 Å². The number of halogens is 1. The second-order valence-corrected chi connectivity index (χ2v) is 6.13. The fraction of sp³-hybridized carbons (Fsp3) is 0.556. The number of methoxy groups -OCH3 is 1. The fourth-order valence-corrected chi connectivity index (χ4v) is 3.01. The lowest BCUT2D eigenvalue weighted by atomic mass is 9.99. The third-order valence-electron chi connectivity index (χ3n) is 4.37. The predicted molar refractivity (Wildman–Crippen MR) is 113 cm³/mol. The van der Waals surface area contributed by atoms with Crippen LogP contribution in [0.15, 0.2) is 35.3 Å². The number of guanidine groups is 1. The van der Waals surface area contributed by atoms with Crippen molar-refractivity contribution in [2.75, 3.05) is 45.7 Å². The number of benzene rings is 1. The number of carbonyl (C=O) groups is 1. The van der Waals surface area contributed by atoms with Crippen LogP contribution in [0.25, 0.3) is 0 Å². The molecule has 25 heavy (non-hydrogen) atoms. The second-order valence-electron chi connectivity index (χ2n) is 6.13. The molecule has 0 radical (unpaired) electrons. The lowest BCUT2D eigenvalue weighted by molar-refractivity contribution is -0.145. The molecule has 1 heterocycles. The third kappa shape index (κ3) is 6.37. The van der Waals surface area contributed by atoms with E-state index in [9.17, 15) is 4.79 Å². The molecule has 2 rings (SSSR count). The molecule has 2 atom stereocenters. The van der Waals surface area contributed by atoms with Gasteiger partial charge in [0.15, 0.2) is 5.96 Å². The van der Waals surface area contributed by atoms with Crippen molar-refractivity contribution in [2.24, 2.45) is 16.8 Å². The summed E-state index contributed by atoms with van der Waals surface area (Å²) < 4.78 is 4.89. The number of anilines is 1. The number of nitrogens with one attached hydrogen (secondary N) is 2. The molecule has 2 N–H and O–H groups in total. The predicted octanol–water partition coefficient (Wildman–Crippen LogP) is 2.42. The Hall–Kier alpha value is -1.51. The van der Waals surface area contributed by atoms with Crippen LogP contribution in [0.3, 0.4) is 0 Å². The maximum absolute atomic E-state index is 11.8. The summed E-state index contributed by atoms with van der Waals surface area (Å²) in [6.07, 6.45) is 0.984. The first-order valence-corrected chi connectivity index (χ1v) is 8.48. The topological polar surface area (TPSA) is 66.0 Å². The van der Waals surface area contributed by atoms with E-state index in [2.05, 4.69) is 39.6 Å². The highest BCUT2D eigenvalue weighted by atomic mass is 127. The van der Waals surface area contributed by atoms with Gasteiger partial charge < -0.3 is 20.3 Å². The molecule has 0 bridgehead atoms. The maximum atomic E-state index is 11.8. The Balaban J connectivity index is 0.00000312. The smallest absolute Gasteiger partial charge is 0.310 e. The van der Waals surface area contributed by atoms with Crippen LogP contribution in [0.5, 0.6) is 0 Å². The van der Waals surface area contributed by atoms with Crippen molar-refractivity contribution < 1.29 is 9.53 Å². The quantitative estimate of drug-likeness (QED) is 0.225. The van der Waals surface area contributed by atoms with Crippen LogP contribution in [0.2, 0.25) is 0 Å². The Kier molecular flexibility index (Phi) is 9.62. The Morgan fingerprint density at radius 1 is 1.28 bits per heavy atom. The molecule has 1 aromatic rings. The Labute approximate surface area is 167 Å². The minimum atomic E-state index is -0.132. The Morgan fingerprint density at radius 3 is 2.64 bits per heavy atom. The monoisotopic (exact) mass is 460 g/mol. The molecule has 6 nitrogen and oxygen atoms in total. The van der Waals surface area contributed by atoms with Gasteiger partial charge in [0, 0.05) is 38.9 Å². The molecule has 0 saturated carbocycles. The van der Waals surface area contributed by atoms with Gasteiger partial charge in [-0.25, -0.2) is 0 Å². The number of aliphatic imine (C=N–C) groups is 1. The van der Waals surface area contributed by atoms with Crippen LogP contribution in [-0.4, -0.2) is 57.2 Å². The molecule has 0 spiro atoms. The van der Waals surface area contributed by atoms with Crippen LogP contribution in [0.1, 0.15) is 13.3 Å². The van der Waals surface area contributed by atoms with Crippen molar-refractivity contribution in [1.82, 2.24) is 10.2 Å². The molecule has 1 saturated heterocycles. The zero-order valence-electron chi connectivity index (χ0n) is 15.2. The summed E-state index contributed by atoms with van der Waals surface area (Å²) in [6.45, 7) is 5.30. The van der Waals surface area contributed by atoms with Gasteiger partial charge in [-0.15, -0.1) is 24.0 Å². The second kappa shape index (κ2) is 11.2. The zero-order chi connectivity index (χ0) is 17.4. The third-order valence-corrected chi connectivity index (χ3v) is 4.37. The summed E-state index contributed by atoms with van der Waals surface area (Å²) in [4.78, 5) is 18.3. The fourth-order valence-electron chi connectivity index (χ4n) is 3.01. The van der Waals surface area contributed by atoms with Crippen LogP contribution >= 0.6 is 24.0 Å². The highest BCUT2D eigenvalue weighted by molar-refractivity contribution is 14.0. The van der Waals surface area contributed by atoms with Crippen molar-refractivity contribution in [2.45, 2.75) is 13.3 Å². The van der Waals surface area contributed by atoms with Crippen LogP contribution in [0, 0.1) is 11.8 Å². The van der Waals surface area contributed by atoms with Crippen LogP contribution < -0.4 is 10.6 Å². The number of likely N-dealkylation sites (tertiary alicyclic amines) is 1. The summed E-state index contributed by atoms with van der Waals surface area (Å²) in [5.74, 6) is 0.921. The molecule has 140 valence electrons. The summed E-state index contributed by atoms with van der Waals surface area (Å²) in [6, 6.07) is 10.2. The minimum Gasteiger partial charge on any atom is -0.469 e. The van der Waals surface area contributed by atoms with E-state index >= 15 is 0 Å². The van der Waals surface area contributed by atoms with Crippen molar-refractivity contribution >= 4 is 41.6 Å². The molecule has 2 unspecified atom stereocenters. The molecule has 1 aromatic carbocycles. The standard InChI is InChI=1S/C18H28N4O2.HI/c1-14-12-22(13-16(14)17(23)24-3)18(19-2)21-11-7-10-20-15-8-5-4-6-9-15;/h4-6,8-9,14,16,20H,7,10-13H2,1-3H3,(H,19,21);1H. The summed E-state index contributed by atoms with van der Waals surface area (Å²) in [7, 11) is 3.23. The van der Waals surface area contributed by atoms with Crippen LogP contribution in [-0.2, 0) is 9.53 Å². The molecule has 0 aliphatic carbocycles. The summed E-state index contributed by atoms with van der Waals surface area (Å²) >= 11 is 0. The zero-order valence-corrected chi connectivity index (χ0v) is 17.5. The van der Waals surface area contributed by atoms with E-state index in [1.165, 1.54) is 7.11 Å². The number of para-hydroxylation sites is 1. The van der Waals surface area contributed by atoms with Gasteiger partial charge in [0.2, 0.25) is 0 Å². The van der Waals surface area contributed by atoms with Gasteiger partial charge in [-0.3, -0.25) is 9.79 Å². The molecule has 0 amide bonds. The maximum Gasteiger partial charge on any atom is 0.310 e. The molecular weight excluding hydrogens is 431 g/mol. The highest BCUT2D eigenvalue weighted by Gasteiger charge is 2.36. The van der Waals surface area contributed by atoms with E-state index in [-0.39, 0.29) is 41.8 Å². The summed E-state index contributed by atoms with van der Waals surface area (Å²) in [5, 5.41) is 6.77. The summed E-state index contributed by atoms with van der Waals surface area (Å²) in [5.41, 5.74) is 1.14.